The number of piperidine rings is 1. The second-order valence-corrected chi connectivity index (χ2v) is 10.2. The fourth-order valence-corrected chi connectivity index (χ4v) is 4.55. The van der Waals surface area contributed by atoms with Crippen molar-refractivity contribution < 1.29 is 14.3 Å². The van der Waals surface area contributed by atoms with Gasteiger partial charge in [0.25, 0.3) is 0 Å². The Kier molecular flexibility index (Phi) is 4.13. The summed E-state index contributed by atoms with van der Waals surface area (Å²) < 4.78 is 11.6. The van der Waals surface area contributed by atoms with Crippen LogP contribution in [0.1, 0.15) is 53.0 Å². The number of hydrogen-bond donors (Lipinski definition) is 0. The monoisotopic (exact) mass is 372 g/mol. The highest BCUT2D eigenvalue weighted by Crippen LogP contribution is 2.43. The highest BCUT2D eigenvalue weighted by Gasteiger charge is 2.47. The molecule has 5 heteroatoms. The van der Waals surface area contributed by atoms with Crippen LogP contribution in [0.4, 0.5) is 10.5 Å². The molecule has 1 aromatic carbocycles. The molecule has 0 bridgehead atoms. The zero-order valence-electron chi connectivity index (χ0n) is 17.3. The van der Waals surface area contributed by atoms with Gasteiger partial charge in [-0.15, -0.1) is 0 Å². The summed E-state index contributed by atoms with van der Waals surface area (Å²) in [5.41, 5.74) is 2.33. The van der Waals surface area contributed by atoms with Crippen molar-refractivity contribution in [1.82, 2.24) is 4.90 Å². The van der Waals surface area contributed by atoms with Gasteiger partial charge in [0.1, 0.15) is 17.0 Å². The van der Waals surface area contributed by atoms with Crippen LogP contribution in [0.5, 0.6) is 5.75 Å². The Labute approximate surface area is 162 Å². The molecular weight excluding hydrogens is 340 g/mol. The second-order valence-electron chi connectivity index (χ2n) is 10.2. The fourth-order valence-electron chi connectivity index (χ4n) is 4.55. The Hall–Kier alpha value is -1.91. The van der Waals surface area contributed by atoms with Crippen molar-refractivity contribution in [3.05, 3.63) is 23.8 Å². The fraction of sp³-hybridized carbons (Fsp3) is 0.682. The molecule has 148 valence electrons. The minimum absolute atomic E-state index is 0.0933. The van der Waals surface area contributed by atoms with E-state index in [2.05, 4.69) is 36.9 Å². The maximum atomic E-state index is 12.2. The molecule has 1 spiro atoms. The van der Waals surface area contributed by atoms with Gasteiger partial charge in [0.2, 0.25) is 0 Å². The Bertz CT molecular complexity index is 734. The average Bonchev–Trinajstić information content (AvgIpc) is 2.83. The Morgan fingerprint density at radius 3 is 2.44 bits per heavy atom. The van der Waals surface area contributed by atoms with E-state index in [4.69, 9.17) is 9.47 Å². The molecule has 0 saturated carbocycles. The summed E-state index contributed by atoms with van der Waals surface area (Å²) >= 11 is 0. The molecule has 1 amide bonds. The van der Waals surface area contributed by atoms with Crippen molar-refractivity contribution in [2.75, 3.05) is 31.1 Å². The highest BCUT2D eigenvalue weighted by atomic mass is 16.6. The lowest BCUT2D eigenvalue weighted by molar-refractivity contribution is -0.0434. The second kappa shape index (κ2) is 6.05. The summed E-state index contributed by atoms with van der Waals surface area (Å²) in [6.07, 6.45) is 3.05. The molecule has 3 aliphatic heterocycles. The molecule has 4 rings (SSSR count). The van der Waals surface area contributed by atoms with Crippen molar-refractivity contribution in [3.8, 4) is 5.75 Å². The zero-order valence-corrected chi connectivity index (χ0v) is 17.3. The lowest BCUT2D eigenvalue weighted by atomic mass is 9.72. The SMILES string of the molecule is CC(C)(C)OC(=O)N1CC2(CCN(c3ccc4c(c3)OC(C)(C)C4)CC2)C1. The number of carbonyl (C=O) groups is 1. The first-order valence-corrected chi connectivity index (χ1v) is 10.1. The first-order chi connectivity index (χ1) is 12.5. The van der Waals surface area contributed by atoms with E-state index < -0.39 is 5.60 Å². The number of rotatable bonds is 1. The van der Waals surface area contributed by atoms with Gasteiger partial charge in [-0.2, -0.15) is 0 Å². The number of hydrogen-bond acceptors (Lipinski definition) is 4. The van der Waals surface area contributed by atoms with E-state index in [-0.39, 0.29) is 17.1 Å². The van der Waals surface area contributed by atoms with Crippen LogP contribution in [0.2, 0.25) is 0 Å². The molecule has 0 unspecified atom stereocenters. The van der Waals surface area contributed by atoms with E-state index in [1.165, 1.54) is 11.3 Å². The highest BCUT2D eigenvalue weighted by molar-refractivity contribution is 5.69. The molecule has 3 aliphatic rings. The van der Waals surface area contributed by atoms with E-state index in [9.17, 15) is 4.79 Å². The minimum Gasteiger partial charge on any atom is -0.487 e. The largest absolute Gasteiger partial charge is 0.487 e. The van der Waals surface area contributed by atoms with Gasteiger partial charge in [-0.25, -0.2) is 4.79 Å². The topological polar surface area (TPSA) is 42.0 Å². The number of nitrogens with zero attached hydrogens (tertiary/aromatic N) is 2. The standard InChI is InChI=1S/C22H32N2O3/c1-20(2,3)27-19(25)24-14-22(15-24)8-10-23(11-9-22)17-7-6-16-13-21(4,5)26-18(16)12-17/h6-7,12H,8-11,13-15H2,1-5H3. The molecule has 0 aliphatic carbocycles. The quantitative estimate of drug-likeness (QED) is 0.739. The minimum atomic E-state index is -0.423. The number of ether oxygens (including phenoxy) is 2. The lowest BCUT2D eigenvalue weighted by Crippen LogP contribution is -2.62. The van der Waals surface area contributed by atoms with Crippen LogP contribution in [0, 0.1) is 5.41 Å². The summed E-state index contributed by atoms with van der Waals surface area (Å²) in [6, 6.07) is 6.66. The molecule has 0 radical (unpaired) electrons. The maximum Gasteiger partial charge on any atom is 0.410 e. The van der Waals surface area contributed by atoms with E-state index >= 15 is 0 Å². The molecular formula is C22H32N2O3. The Balaban J connectivity index is 1.33. The van der Waals surface area contributed by atoms with Crippen LogP contribution in [-0.2, 0) is 11.2 Å². The molecule has 2 saturated heterocycles. The molecule has 5 nitrogen and oxygen atoms in total. The van der Waals surface area contributed by atoms with Crippen molar-refractivity contribution in [1.29, 1.82) is 0 Å². The Morgan fingerprint density at radius 2 is 1.81 bits per heavy atom. The van der Waals surface area contributed by atoms with E-state index in [1.54, 1.807) is 0 Å². The summed E-state index contributed by atoms with van der Waals surface area (Å²) in [6.45, 7) is 13.8. The van der Waals surface area contributed by atoms with Gasteiger partial charge in [0, 0.05) is 49.8 Å². The number of amides is 1. The molecule has 3 heterocycles. The normalized spacial score (nSPS) is 22.9. The first-order valence-electron chi connectivity index (χ1n) is 10.1. The predicted octanol–water partition coefficient (Wildman–Crippen LogP) is 4.24. The first kappa shape index (κ1) is 18.5. The van der Waals surface area contributed by atoms with Gasteiger partial charge >= 0.3 is 6.09 Å². The van der Waals surface area contributed by atoms with E-state index in [0.29, 0.717) is 0 Å². The van der Waals surface area contributed by atoms with Gasteiger partial charge in [-0.3, -0.25) is 0 Å². The van der Waals surface area contributed by atoms with Crippen LogP contribution in [0.25, 0.3) is 0 Å². The summed E-state index contributed by atoms with van der Waals surface area (Å²) in [4.78, 5) is 16.5. The number of anilines is 1. The van der Waals surface area contributed by atoms with Crippen molar-refractivity contribution in [2.45, 2.75) is 65.1 Å². The van der Waals surface area contributed by atoms with E-state index in [1.807, 2.05) is 25.7 Å². The van der Waals surface area contributed by atoms with Gasteiger partial charge < -0.3 is 19.3 Å². The molecule has 0 N–H and O–H groups in total. The summed E-state index contributed by atoms with van der Waals surface area (Å²) in [5.74, 6) is 1.04. The molecule has 2 fully saturated rings. The van der Waals surface area contributed by atoms with Crippen LogP contribution in [-0.4, -0.2) is 48.4 Å². The van der Waals surface area contributed by atoms with Gasteiger partial charge in [-0.05, 0) is 59.1 Å². The van der Waals surface area contributed by atoms with Gasteiger partial charge in [-0.1, -0.05) is 6.07 Å². The van der Waals surface area contributed by atoms with Crippen molar-refractivity contribution in [3.63, 3.8) is 0 Å². The molecule has 1 aromatic rings. The van der Waals surface area contributed by atoms with Crippen LogP contribution in [0.15, 0.2) is 18.2 Å². The van der Waals surface area contributed by atoms with Crippen LogP contribution < -0.4 is 9.64 Å². The number of benzene rings is 1. The third kappa shape index (κ3) is 3.74. The van der Waals surface area contributed by atoms with Crippen LogP contribution in [0.3, 0.4) is 0 Å². The average molecular weight is 373 g/mol. The smallest absolute Gasteiger partial charge is 0.410 e. The molecule has 0 aromatic heterocycles. The number of fused-ring (bicyclic) bond motifs is 1. The third-order valence-electron chi connectivity index (χ3n) is 5.95. The van der Waals surface area contributed by atoms with Crippen molar-refractivity contribution in [2.24, 2.45) is 5.41 Å². The summed E-state index contributed by atoms with van der Waals surface area (Å²) in [7, 11) is 0. The lowest BCUT2D eigenvalue weighted by Gasteiger charge is -2.54. The molecule has 27 heavy (non-hydrogen) atoms. The van der Waals surface area contributed by atoms with Crippen LogP contribution >= 0.6 is 0 Å². The Morgan fingerprint density at radius 1 is 1.15 bits per heavy atom. The van der Waals surface area contributed by atoms with Crippen molar-refractivity contribution >= 4 is 11.8 Å². The molecule has 0 atom stereocenters. The van der Waals surface area contributed by atoms with Gasteiger partial charge in [0.15, 0.2) is 0 Å². The predicted molar refractivity (Wildman–Crippen MR) is 107 cm³/mol. The maximum absolute atomic E-state index is 12.2. The third-order valence-corrected chi connectivity index (χ3v) is 5.95. The van der Waals surface area contributed by atoms with E-state index in [0.717, 1.165) is 51.2 Å². The van der Waals surface area contributed by atoms with Gasteiger partial charge in [0.05, 0.1) is 0 Å². The number of likely N-dealkylation sites (tertiary alicyclic amines) is 1. The summed E-state index contributed by atoms with van der Waals surface area (Å²) in [5, 5.41) is 0. The zero-order chi connectivity index (χ0) is 19.4. The number of carbonyl (C=O) groups excluding carboxylic acids is 1.